The van der Waals surface area contributed by atoms with E-state index in [2.05, 4.69) is 35.7 Å². The highest BCUT2D eigenvalue weighted by Gasteiger charge is 2.27. The predicted octanol–water partition coefficient (Wildman–Crippen LogP) is 6.63. The lowest BCUT2D eigenvalue weighted by molar-refractivity contribution is -0.145. The van der Waals surface area contributed by atoms with Crippen LogP contribution in [0.15, 0.2) is 30.6 Å². The molecule has 1 aliphatic rings. The maximum absolute atomic E-state index is 10.9. The highest BCUT2D eigenvalue weighted by Crippen LogP contribution is 2.35. The van der Waals surface area contributed by atoms with E-state index in [1.54, 1.807) is 12.4 Å². The molecule has 1 aromatic carbocycles. The molecule has 2 atom stereocenters. The molecule has 1 fully saturated rings. The van der Waals surface area contributed by atoms with E-state index in [1.165, 1.54) is 13.5 Å². The molecule has 0 bridgehead atoms. The van der Waals surface area contributed by atoms with Gasteiger partial charge in [0.25, 0.3) is 0 Å². The van der Waals surface area contributed by atoms with Crippen LogP contribution in [-0.4, -0.2) is 18.1 Å². The SMILES string of the molecule is CCC/C=C(\c1cc(C#N)c(C)cc1C)c1cncc(N)c1Cl.COC(=O)C1CCC(C)C1. The second-order valence-electron chi connectivity index (χ2n) is 8.73. The smallest absolute Gasteiger partial charge is 0.308 e. The number of esters is 1. The first-order valence-electron chi connectivity index (χ1n) is 11.4. The van der Waals surface area contributed by atoms with Crippen molar-refractivity contribution in [3.63, 3.8) is 0 Å². The summed E-state index contributed by atoms with van der Waals surface area (Å²) >= 11 is 6.40. The van der Waals surface area contributed by atoms with Gasteiger partial charge in [-0.3, -0.25) is 9.78 Å². The molecule has 1 aromatic heterocycles. The van der Waals surface area contributed by atoms with Crippen LogP contribution in [0.4, 0.5) is 5.69 Å². The van der Waals surface area contributed by atoms with Crippen molar-refractivity contribution in [3.05, 3.63) is 63.4 Å². The molecule has 0 saturated heterocycles. The van der Waals surface area contributed by atoms with Gasteiger partial charge in [0.2, 0.25) is 0 Å². The molecule has 1 saturated carbocycles. The highest BCUT2D eigenvalue weighted by molar-refractivity contribution is 6.35. The number of unbranched alkanes of at least 4 members (excludes halogenated alkanes) is 1. The van der Waals surface area contributed by atoms with Gasteiger partial charge in [0.15, 0.2) is 0 Å². The molecular formula is C27H34ClN3O2. The Morgan fingerprint density at radius 3 is 2.58 bits per heavy atom. The average molecular weight is 468 g/mol. The number of aryl methyl sites for hydroxylation is 2. The van der Waals surface area contributed by atoms with E-state index < -0.39 is 0 Å². The summed E-state index contributed by atoms with van der Waals surface area (Å²) < 4.78 is 4.64. The van der Waals surface area contributed by atoms with Crippen LogP contribution in [0.1, 0.15) is 73.8 Å². The van der Waals surface area contributed by atoms with Gasteiger partial charge < -0.3 is 10.5 Å². The normalized spacial score (nSPS) is 17.7. The first-order valence-corrected chi connectivity index (χ1v) is 11.8. The minimum absolute atomic E-state index is 0.0237. The van der Waals surface area contributed by atoms with Gasteiger partial charge in [0.1, 0.15) is 0 Å². The molecule has 5 nitrogen and oxygen atoms in total. The van der Waals surface area contributed by atoms with E-state index in [0.29, 0.717) is 22.2 Å². The summed E-state index contributed by atoms with van der Waals surface area (Å²) in [7, 11) is 1.46. The molecule has 1 heterocycles. The minimum atomic E-state index is -0.0237. The number of allylic oxidation sites excluding steroid dienone is 1. The van der Waals surface area contributed by atoms with Gasteiger partial charge in [0, 0.05) is 11.8 Å². The van der Waals surface area contributed by atoms with Gasteiger partial charge >= 0.3 is 5.97 Å². The quantitative estimate of drug-likeness (QED) is 0.498. The number of carbonyl (C=O) groups excluding carboxylic acids is 1. The van der Waals surface area contributed by atoms with Crippen LogP contribution in [0.2, 0.25) is 5.02 Å². The van der Waals surface area contributed by atoms with Gasteiger partial charge in [-0.25, -0.2) is 0 Å². The third-order valence-corrected chi connectivity index (χ3v) is 6.47. The maximum atomic E-state index is 10.9. The van der Waals surface area contributed by atoms with E-state index in [9.17, 15) is 10.1 Å². The van der Waals surface area contributed by atoms with Crippen LogP contribution >= 0.6 is 11.6 Å². The summed E-state index contributed by atoms with van der Waals surface area (Å²) in [6.07, 6.45) is 10.6. The fraction of sp³-hybridized carbons (Fsp3) is 0.444. The second-order valence-corrected chi connectivity index (χ2v) is 9.11. The zero-order chi connectivity index (χ0) is 24.5. The molecule has 3 rings (SSSR count). The Balaban J connectivity index is 0.000000321. The van der Waals surface area contributed by atoms with Gasteiger partial charge in [-0.2, -0.15) is 5.26 Å². The van der Waals surface area contributed by atoms with Crippen LogP contribution in [0.25, 0.3) is 5.57 Å². The van der Waals surface area contributed by atoms with E-state index in [4.69, 9.17) is 17.3 Å². The standard InChI is InChI=1S/C19H20ClN3.C8H14O2/c1-4-5-6-15(17-10-23-11-18(22)19(17)20)16-8-14(9-21)12(2)7-13(16)3;1-6-3-4-7(5-6)8(9)10-2/h6-8,10-11H,4-5,22H2,1-3H3;6-7H,3-5H2,1-2H3/b15-6+;. The second kappa shape index (κ2) is 12.4. The van der Waals surface area contributed by atoms with Crippen molar-refractivity contribution in [3.8, 4) is 6.07 Å². The molecule has 2 unspecified atom stereocenters. The Bertz CT molecular complexity index is 1060. The van der Waals surface area contributed by atoms with Crippen molar-refractivity contribution < 1.29 is 9.53 Å². The Hall–Kier alpha value is -2.84. The van der Waals surface area contributed by atoms with E-state index in [0.717, 1.165) is 53.5 Å². The molecule has 6 heteroatoms. The first-order chi connectivity index (χ1) is 15.7. The van der Waals surface area contributed by atoms with Crippen LogP contribution in [0.5, 0.6) is 0 Å². The van der Waals surface area contributed by atoms with Gasteiger partial charge in [-0.15, -0.1) is 0 Å². The summed E-state index contributed by atoms with van der Waals surface area (Å²) in [6, 6.07) is 6.20. The molecule has 2 N–H and O–H groups in total. The maximum Gasteiger partial charge on any atom is 0.308 e. The van der Waals surface area contributed by atoms with Gasteiger partial charge in [-0.1, -0.05) is 44.0 Å². The zero-order valence-electron chi connectivity index (χ0n) is 20.2. The molecule has 0 radical (unpaired) electrons. The number of pyridine rings is 1. The molecule has 0 amide bonds. The highest BCUT2D eigenvalue weighted by atomic mass is 35.5. The number of hydrogen-bond donors (Lipinski definition) is 1. The van der Waals surface area contributed by atoms with Crippen LogP contribution < -0.4 is 5.73 Å². The topological polar surface area (TPSA) is 89.0 Å². The first kappa shape index (κ1) is 26.4. The number of hydrogen-bond acceptors (Lipinski definition) is 5. The van der Waals surface area contributed by atoms with Crippen molar-refractivity contribution in [1.29, 1.82) is 5.26 Å². The fourth-order valence-corrected chi connectivity index (χ4v) is 4.35. The van der Waals surface area contributed by atoms with E-state index in [1.807, 2.05) is 26.0 Å². The van der Waals surface area contributed by atoms with Crippen molar-refractivity contribution in [2.24, 2.45) is 11.8 Å². The van der Waals surface area contributed by atoms with Gasteiger partial charge in [0.05, 0.1) is 41.6 Å². The monoisotopic (exact) mass is 467 g/mol. The number of methoxy groups -OCH3 is 1. The molecular weight excluding hydrogens is 434 g/mol. The number of anilines is 1. The molecule has 0 aliphatic heterocycles. The predicted molar refractivity (Wildman–Crippen MR) is 135 cm³/mol. The largest absolute Gasteiger partial charge is 0.469 e. The number of rotatable bonds is 5. The number of halogens is 1. The Morgan fingerprint density at radius 2 is 2.00 bits per heavy atom. The number of nitrogen functional groups attached to an aromatic ring is 1. The van der Waals surface area contributed by atoms with Gasteiger partial charge in [-0.05, 0) is 73.8 Å². The number of ether oxygens (including phenoxy) is 1. The zero-order valence-corrected chi connectivity index (χ0v) is 21.0. The molecule has 0 spiro atoms. The average Bonchev–Trinajstić information content (AvgIpc) is 3.24. The number of aromatic nitrogens is 1. The molecule has 33 heavy (non-hydrogen) atoms. The molecule has 1 aliphatic carbocycles. The lowest BCUT2D eigenvalue weighted by Gasteiger charge is -2.15. The summed E-state index contributed by atoms with van der Waals surface area (Å²) in [4.78, 5) is 15.1. The van der Waals surface area contributed by atoms with E-state index in [-0.39, 0.29) is 11.9 Å². The number of nitrogens with zero attached hydrogens (tertiary/aromatic N) is 2. The lowest BCUT2D eigenvalue weighted by Crippen LogP contribution is -2.12. The Kier molecular flexibility index (Phi) is 9.94. The third-order valence-electron chi connectivity index (χ3n) is 6.05. The van der Waals surface area contributed by atoms with E-state index >= 15 is 0 Å². The number of nitrogens with two attached hydrogens (primary N) is 1. The lowest BCUT2D eigenvalue weighted by atomic mass is 9.91. The summed E-state index contributed by atoms with van der Waals surface area (Å²) in [6.45, 7) is 8.29. The fourth-order valence-electron chi connectivity index (χ4n) is 4.15. The van der Waals surface area contributed by atoms with Crippen molar-refractivity contribution in [2.45, 2.75) is 59.8 Å². The summed E-state index contributed by atoms with van der Waals surface area (Å²) in [5.74, 6) is 0.883. The third kappa shape index (κ3) is 6.82. The summed E-state index contributed by atoms with van der Waals surface area (Å²) in [5, 5.41) is 9.83. The van der Waals surface area contributed by atoms with Crippen LogP contribution in [0, 0.1) is 37.0 Å². The molecule has 176 valence electrons. The summed E-state index contributed by atoms with van der Waals surface area (Å²) in [5.41, 5.74) is 11.9. The number of carbonyl (C=O) groups is 1. The minimum Gasteiger partial charge on any atom is -0.469 e. The number of benzene rings is 1. The van der Waals surface area contributed by atoms with Crippen LogP contribution in [0.3, 0.4) is 0 Å². The number of nitriles is 1. The van der Waals surface area contributed by atoms with Crippen molar-refractivity contribution >= 4 is 28.8 Å². The molecule has 2 aromatic rings. The van der Waals surface area contributed by atoms with Crippen molar-refractivity contribution in [2.75, 3.05) is 12.8 Å². The van der Waals surface area contributed by atoms with Crippen LogP contribution in [-0.2, 0) is 9.53 Å². The van der Waals surface area contributed by atoms with Crippen molar-refractivity contribution in [1.82, 2.24) is 4.98 Å². The Labute approximate surface area is 202 Å². The Morgan fingerprint density at radius 1 is 1.27 bits per heavy atom.